The largest absolute Gasteiger partial charge is 0.493 e. The average Bonchev–Trinajstić information content (AvgIpc) is 2.67. The molecule has 1 aliphatic rings. The monoisotopic (exact) mass is 248 g/mol. The highest BCUT2D eigenvalue weighted by Gasteiger charge is 2.26. The maximum absolute atomic E-state index is 11.3. The zero-order valence-corrected chi connectivity index (χ0v) is 10.1. The Morgan fingerprint density at radius 2 is 1.89 bits per heavy atom. The second-order valence-electron chi connectivity index (χ2n) is 3.72. The van der Waals surface area contributed by atoms with Gasteiger partial charge in [-0.2, -0.15) is 0 Å². The number of methoxy groups -OCH3 is 2. The van der Waals surface area contributed by atoms with Gasteiger partial charge in [-0.1, -0.05) is 6.07 Å². The molecule has 1 aromatic carbocycles. The Morgan fingerprint density at radius 1 is 1.17 bits per heavy atom. The lowest BCUT2D eigenvalue weighted by molar-refractivity contribution is -0.151. The van der Waals surface area contributed by atoms with Crippen LogP contribution >= 0.6 is 0 Å². The fraction of sp³-hybridized carbons (Fsp3) is 0.231. The summed E-state index contributed by atoms with van der Waals surface area (Å²) in [5.74, 6) is 0.0516. The minimum atomic E-state index is -0.588. The molecule has 1 aliphatic heterocycles. The fourth-order valence-corrected chi connectivity index (χ4v) is 1.69. The van der Waals surface area contributed by atoms with Crippen molar-refractivity contribution >= 4 is 18.0 Å². The van der Waals surface area contributed by atoms with Gasteiger partial charge in [0.1, 0.15) is 0 Å². The number of hydrogen-bond donors (Lipinski definition) is 0. The number of rotatable bonds is 3. The summed E-state index contributed by atoms with van der Waals surface area (Å²) >= 11 is 0. The number of benzene rings is 1. The third kappa shape index (κ3) is 2.34. The number of carbonyl (C=O) groups is 2. The van der Waals surface area contributed by atoms with Gasteiger partial charge in [0.2, 0.25) is 0 Å². The molecule has 0 spiro atoms. The van der Waals surface area contributed by atoms with E-state index in [4.69, 9.17) is 9.47 Å². The molecule has 1 aromatic rings. The van der Waals surface area contributed by atoms with Crippen molar-refractivity contribution in [3.8, 4) is 11.5 Å². The van der Waals surface area contributed by atoms with E-state index < -0.39 is 11.9 Å². The van der Waals surface area contributed by atoms with Crippen molar-refractivity contribution in [1.82, 2.24) is 0 Å². The Bertz CT molecular complexity index is 530. The van der Waals surface area contributed by atoms with Crippen LogP contribution in [0.3, 0.4) is 0 Å². The van der Waals surface area contributed by atoms with E-state index in [1.807, 2.05) is 0 Å². The SMILES string of the molecule is COc1ccc(/C=C2\CC(=O)OC2=O)cc1OC. The van der Waals surface area contributed by atoms with E-state index in [1.165, 1.54) is 7.11 Å². The molecule has 0 amide bonds. The van der Waals surface area contributed by atoms with Crippen molar-refractivity contribution < 1.29 is 23.8 Å². The van der Waals surface area contributed by atoms with Gasteiger partial charge >= 0.3 is 11.9 Å². The number of cyclic esters (lactones) is 2. The van der Waals surface area contributed by atoms with Crippen molar-refractivity contribution in [1.29, 1.82) is 0 Å². The van der Waals surface area contributed by atoms with E-state index in [0.717, 1.165) is 5.56 Å². The third-order valence-corrected chi connectivity index (χ3v) is 2.55. The molecule has 0 saturated carbocycles. The fourth-order valence-electron chi connectivity index (χ4n) is 1.69. The number of hydrogen-bond acceptors (Lipinski definition) is 5. The summed E-state index contributed by atoms with van der Waals surface area (Å²) in [4.78, 5) is 22.2. The zero-order valence-electron chi connectivity index (χ0n) is 10.1. The van der Waals surface area contributed by atoms with Crippen molar-refractivity contribution in [3.63, 3.8) is 0 Å². The average molecular weight is 248 g/mol. The highest BCUT2D eigenvalue weighted by molar-refractivity contribution is 6.08. The summed E-state index contributed by atoms with van der Waals surface area (Å²) in [5.41, 5.74) is 1.08. The first-order valence-corrected chi connectivity index (χ1v) is 5.31. The van der Waals surface area contributed by atoms with Crippen LogP contribution in [0.5, 0.6) is 11.5 Å². The number of esters is 2. The van der Waals surface area contributed by atoms with E-state index in [0.29, 0.717) is 17.1 Å². The van der Waals surface area contributed by atoms with Crippen LogP contribution < -0.4 is 9.47 Å². The number of carbonyl (C=O) groups excluding carboxylic acids is 2. The molecule has 1 saturated heterocycles. The topological polar surface area (TPSA) is 61.8 Å². The standard InChI is InChI=1S/C13H12O5/c1-16-10-4-3-8(6-11(10)17-2)5-9-7-12(14)18-13(9)15/h3-6H,7H2,1-2H3/b9-5+. The molecule has 18 heavy (non-hydrogen) atoms. The van der Waals surface area contributed by atoms with Crippen molar-refractivity contribution in [2.24, 2.45) is 0 Å². The molecule has 1 fully saturated rings. The maximum atomic E-state index is 11.3. The van der Waals surface area contributed by atoms with Gasteiger partial charge in [0.15, 0.2) is 11.5 Å². The molecule has 0 bridgehead atoms. The summed E-state index contributed by atoms with van der Waals surface area (Å²) in [5, 5.41) is 0. The van der Waals surface area contributed by atoms with Gasteiger partial charge in [-0.25, -0.2) is 4.79 Å². The molecule has 1 heterocycles. The molecule has 94 valence electrons. The van der Waals surface area contributed by atoms with Crippen molar-refractivity contribution in [2.75, 3.05) is 14.2 Å². The first kappa shape index (κ1) is 12.2. The van der Waals surface area contributed by atoms with Crippen LogP contribution in [0.1, 0.15) is 12.0 Å². The van der Waals surface area contributed by atoms with Crippen LogP contribution in [0.25, 0.3) is 6.08 Å². The molecular formula is C13H12O5. The predicted octanol–water partition coefficient (Wildman–Crippen LogP) is 1.56. The smallest absolute Gasteiger partial charge is 0.342 e. The minimum Gasteiger partial charge on any atom is -0.493 e. The van der Waals surface area contributed by atoms with Gasteiger partial charge in [0.05, 0.1) is 20.6 Å². The van der Waals surface area contributed by atoms with Gasteiger partial charge in [-0.3, -0.25) is 4.79 Å². The highest BCUT2D eigenvalue weighted by atomic mass is 16.6. The molecule has 0 N–H and O–H groups in total. The van der Waals surface area contributed by atoms with Crippen LogP contribution in [-0.2, 0) is 14.3 Å². The second-order valence-corrected chi connectivity index (χ2v) is 3.72. The van der Waals surface area contributed by atoms with E-state index >= 15 is 0 Å². The lowest BCUT2D eigenvalue weighted by Gasteiger charge is -2.07. The van der Waals surface area contributed by atoms with Gasteiger partial charge in [0, 0.05) is 5.57 Å². The Hall–Kier alpha value is -2.30. The van der Waals surface area contributed by atoms with E-state index in [2.05, 4.69) is 4.74 Å². The summed E-state index contributed by atoms with van der Waals surface area (Å²) < 4.78 is 14.7. The first-order chi connectivity index (χ1) is 8.63. The Kier molecular flexibility index (Phi) is 3.32. The molecule has 0 aliphatic carbocycles. The predicted molar refractivity (Wildman–Crippen MR) is 63.2 cm³/mol. The van der Waals surface area contributed by atoms with E-state index in [9.17, 15) is 9.59 Å². The molecule has 5 heteroatoms. The Labute approximate surface area is 104 Å². The Morgan fingerprint density at radius 3 is 2.44 bits per heavy atom. The summed E-state index contributed by atoms with van der Waals surface area (Å²) in [7, 11) is 3.07. The van der Waals surface area contributed by atoms with Gasteiger partial charge in [-0.05, 0) is 23.8 Å². The lowest BCUT2D eigenvalue weighted by Crippen LogP contribution is -1.97. The number of ether oxygens (including phenoxy) is 3. The molecule has 0 radical (unpaired) electrons. The van der Waals surface area contributed by atoms with E-state index in [-0.39, 0.29) is 6.42 Å². The van der Waals surface area contributed by atoms with Crippen molar-refractivity contribution in [2.45, 2.75) is 6.42 Å². The first-order valence-electron chi connectivity index (χ1n) is 5.31. The third-order valence-electron chi connectivity index (χ3n) is 2.55. The zero-order chi connectivity index (χ0) is 13.1. The normalized spacial score (nSPS) is 16.9. The molecule has 0 atom stereocenters. The summed E-state index contributed by atoms with van der Waals surface area (Å²) in [6, 6.07) is 5.22. The lowest BCUT2D eigenvalue weighted by atomic mass is 10.1. The van der Waals surface area contributed by atoms with Gasteiger partial charge in [-0.15, -0.1) is 0 Å². The van der Waals surface area contributed by atoms with Crippen LogP contribution in [0, 0.1) is 0 Å². The quantitative estimate of drug-likeness (QED) is 0.461. The molecule has 0 aromatic heterocycles. The minimum absolute atomic E-state index is 0.00712. The molecule has 0 unspecified atom stereocenters. The summed E-state index contributed by atoms with van der Waals surface area (Å²) in [6.45, 7) is 0. The maximum Gasteiger partial charge on any atom is 0.342 e. The highest BCUT2D eigenvalue weighted by Crippen LogP contribution is 2.29. The van der Waals surface area contributed by atoms with Crippen LogP contribution in [0.2, 0.25) is 0 Å². The van der Waals surface area contributed by atoms with Crippen molar-refractivity contribution in [3.05, 3.63) is 29.3 Å². The van der Waals surface area contributed by atoms with Crippen LogP contribution in [0.4, 0.5) is 0 Å². The second kappa shape index (κ2) is 4.91. The molecule has 2 rings (SSSR count). The van der Waals surface area contributed by atoms with Gasteiger partial charge in [0.25, 0.3) is 0 Å². The van der Waals surface area contributed by atoms with Gasteiger partial charge < -0.3 is 14.2 Å². The molecule has 5 nitrogen and oxygen atoms in total. The van der Waals surface area contributed by atoms with Crippen LogP contribution in [0.15, 0.2) is 23.8 Å². The molecular weight excluding hydrogens is 236 g/mol. The Balaban J connectivity index is 2.32. The van der Waals surface area contributed by atoms with Crippen LogP contribution in [-0.4, -0.2) is 26.2 Å². The van der Waals surface area contributed by atoms with E-state index in [1.54, 1.807) is 31.4 Å². The summed E-state index contributed by atoms with van der Waals surface area (Å²) in [6.07, 6.45) is 1.61.